The summed E-state index contributed by atoms with van der Waals surface area (Å²) in [5.74, 6) is -0.988. The van der Waals surface area contributed by atoms with Gasteiger partial charge >= 0.3 is 6.09 Å². The molecule has 0 aromatic carbocycles. The fourth-order valence-corrected chi connectivity index (χ4v) is 4.57. The highest BCUT2D eigenvalue weighted by Crippen LogP contribution is 2.54. The summed E-state index contributed by atoms with van der Waals surface area (Å²) in [7, 11) is 0. The number of nitrogens with zero attached hydrogens (tertiary/aromatic N) is 4. The van der Waals surface area contributed by atoms with Gasteiger partial charge in [0.1, 0.15) is 6.07 Å². The largest absolute Gasteiger partial charge is 0.450 e. The molecular weight excluding hydrogens is 362 g/mol. The molecule has 0 radical (unpaired) electrons. The van der Waals surface area contributed by atoms with Crippen molar-refractivity contribution in [3.63, 3.8) is 0 Å². The summed E-state index contributed by atoms with van der Waals surface area (Å²) in [5, 5.41) is 33.2. The van der Waals surface area contributed by atoms with Gasteiger partial charge in [-0.3, -0.25) is 0 Å². The molecule has 1 aromatic rings. The summed E-state index contributed by atoms with van der Waals surface area (Å²) in [4.78, 5) is 13.7. The number of hydrogen-bond acceptors (Lipinski definition) is 7. The molecule has 136 valence electrons. The van der Waals surface area contributed by atoms with Gasteiger partial charge in [0, 0.05) is 24.9 Å². The zero-order valence-corrected chi connectivity index (χ0v) is 15.5. The first-order valence-corrected chi connectivity index (χ1v) is 9.35. The summed E-state index contributed by atoms with van der Waals surface area (Å²) >= 11 is 1.45. The van der Waals surface area contributed by atoms with Gasteiger partial charge in [0.2, 0.25) is 0 Å². The van der Waals surface area contributed by atoms with E-state index in [1.807, 2.05) is 16.8 Å². The van der Waals surface area contributed by atoms with Gasteiger partial charge in [-0.25, -0.2) is 4.79 Å². The van der Waals surface area contributed by atoms with Crippen molar-refractivity contribution in [2.24, 2.45) is 17.1 Å². The van der Waals surface area contributed by atoms with Crippen LogP contribution in [0.15, 0.2) is 39.7 Å². The van der Waals surface area contributed by atoms with Crippen LogP contribution in [0.4, 0.5) is 4.79 Å². The lowest BCUT2D eigenvalue weighted by Crippen LogP contribution is -2.49. The Morgan fingerprint density at radius 3 is 2.74 bits per heavy atom. The summed E-state index contributed by atoms with van der Waals surface area (Å²) in [6, 6.07) is 8.05. The summed E-state index contributed by atoms with van der Waals surface area (Å²) in [6.07, 6.45) is 1.31. The van der Waals surface area contributed by atoms with Crippen molar-refractivity contribution in [2.75, 3.05) is 19.7 Å². The highest BCUT2D eigenvalue weighted by atomic mass is 32.1. The monoisotopic (exact) mass is 379 g/mol. The molecule has 1 aliphatic carbocycles. The van der Waals surface area contributed by atoms with Gasteiger partial charge in [-0.1, -0.05) is 6.08 Å². The maximum atomic E-state index is 12.2. The first kappa shape index (κ1) is 18.5. The lowest BCUT2D eigenvalue weighted by atomic mass is 9.58. The number of nitrogens with two attached hydrogens (primary N) is 1. The minimum atomic E-state index is -1.67. The van der Waals surface area contributed by atoms with Gasteiger partial charge in [0.15, 0.2) is 5.41 Å². The Kier molecular flexibility index (Phi) is 4.90. The number of carbonyl (C=O) groups is 1. The number of ether oxygens (including phenoxy) is 1. The molecule has 0 spiro atoms. The highest BCUT2D eigenvalue weighted by Gasteiger charge is 2.54. The first-order chi connectivity index (χ1) is 13.0. The van der Waals surface area contributed by atoms with E-state index in [2.05, 4.69) is 18.2 Å². The van der Waals surface area contributed by atoms with E-state index >= 15 is 0 Å². The average Bonchev–Trinajstić information content (AvgIpc) is 3.21. The van der Waals surface area contributed by atoms with Gasteiger partial charge in [-0.05, 0) is 34.9 Å². The summed E-state index contributed by atoms with van der Waals surface area (Å²) in [5.41, 5.74) is 6.16. The van der Waals surface area contributed by atoms with Gasteiger partial charge in [0.25, 0.3) is 0 Å². The van der Waals surface area contributed by atoms with Gasteiger partial charge in [-0.15, -0.1) is 0 Å². The van der Waals surface area contributed by atoms with Crippen molar-refractivity contribution < 1.29 is 9.53 Å². The quantitative estimate of drug-likeness (QED) is 0.841. The van der Waals surface area contributed by atoms with Crippen LogP contribution in [-0.4, -0.2) is 30.7 Å². The fraction of sp³-hybridized carbons (Fsp3) is 0.368. The molecule has 8 heteroatoms. The number of nitriles is 3. The van der Waals surface area contributed by atoms with Crippen LogP contribution in [0.2, 0.25) is 0 Å². The van der Waals surface area contributed by atoms with Crippen molar-refractivity contribution in [1.29, 1.82) is 15.8 Å². The second-order valence-corrected chi connectivity index (χ2v) is 7.12. The SMILES string of the molecule is CCOC(=O)N1CC=C2C(C#N)=C(N)C(C#N)(C#N)[C@H](c3ccsc3)[C@@H]2C1. The van der Waals surface area contributed by atoms with Gasteiger partial charge in [-0.2, -0.15) is 27.1 Å². The van der Waals surface area contributed by atoms with Crippen molar-refractivity contribution in [3.8, 4) is 18.2 Å². The van der Waals surface area contributed by atoms with E-state index in [0.29, 0.717) is 5.57 Å². The van der Waals surface area contributed by atoms with Crippen LogP contribution in [-0.2, 0) is 4.74 Å². The molecule has 27 heavy (non-hydrogen) atoms. The van der Waals surface area contributed by atoms with Crippen LogP contribution in [0, 0.1) is 45.3 Å². The van der Waals surface area contributed by atoms with E-state index in [-0.39, 0.29) is 31.0 Å². The third-order valence-corrected chi connectivity index (χ3v) is 5.79. The Labute approximate surface area is 161 Å². The molecule has 0 unspecified atom stereocenters. The van der Waals surface area contributed by atoms with Crippen LogP contribution in [0.1, 0.15) is 18.4 Å². The Bertz CT molecular complexity index is 928. The maximum Gasteiger partial charge on any atom is 0.410 e. The predicted molar refractivity (Wildman–Crippen MR) is 97.7 cm³/mol. The van der Waals surface area contributed by atoms with E-state index in [0.717, 1.165) is 5.56 Å². The third-order valence-electron chi connectivity index (χ3n) is 5.09. The normalized spacial score (nSPS) is 23.3. The molecule has 7 nitrogen and oxygen atoms in total. The van der Waals surface area contributed by atoms with E-state index in [9.17, 15) is 20.6 Å². The van der Waals surface area contributed by atoms with Gasteiger partial charge in [0.05, 0.1) is 30.0 Å². The second kappa shape index (κ2) is 7.15. The van der Waals surface area contributed by atoms with Crippen molar-refractivity contribution in [1.82, 2.24) is 4.90 Å². The Balaban J connectivity index is 2.20. The average molecular weight is 379 g/mol. The molecule has 2 heterocycles. The molecule has 0 saturated heterocycles. The standard InChI is InChI=1S/C19H17N5O2S/c1-2-26-18(25)24-5-3-13-14(7-20)17(23)19(10-21,11-22)16(15(13)8-24)12-4-6-27-9-12/h3-4,6,9,15-16H,2,5,8,23H2,1H3/t15-,16-/m1/s1. The number of fused-ring (bicyclic) bond motifs is 1. The predicted octanol–water partition coefficient (Wildman–Crippen LogP) is 2.63. The topological polar surface area (TPSA) is 127 Å². The summed E-state index contributed by atoms with van der Waals surface area (Å²) < 4.78 is 5.09. The molecule has 2 aliphatic rings. The molecule has 1 aromatic heterocycles. The van der Waals surface area contributed by atoms with Crippen LogP contribution < -0.4 is 5.73 Å². The first-order valence-electron chi connectivity index (χ1n) is 8.41. The van der Waals surface area contributed by atoms with Crippen molar-refractivity contribution >= 4 is 17.4 Å². The smallest absolute Gasteiger partial charge is 0.410 e. The molecule has 0 bridgehead atoms. The van der Waals surface area contributed by atoms with E-state index < -0.39 is 23.3 Å². The minimum absolute atomic E-state index is 0.0155. The molecular formula is C19H17N5O2S. The van der Waals surface area contributed by atoms with Crippen molar-refractivity contribution in [2.45, 2.75) is 12.8 Å². The molecule has 1 amide bonds. The zero-order chi connectivity index (χ0) is 19.6. The lowest BCUT2D eigenvalue weighted by Gasteiger charge is -2.45. The minimum Gasteiger partial charge on any atom is -0.450 e. The number of hydrogen-bond donors (Lipinski definition) is 1. The highest BCUT2D eigenvalue weighted by molar-refractivity contribution is 7.08. The molecule has 3 rings (SSSR count). The van der Waals surface area contributed by atoms with E-state index in [1.165, 1.54) is 16.2 Å². The maximum absolute atomic E-state index is 12.2. The Morgan fingerprint density at radius 1 is 1.44 bits per heavy atom. The second-order valence-electron chi connectivity index (χ2n) is 6.34. The van der Waals surface area contributed by atoms with Crippen LogP contribution in [0.25, 0.3) is 0 Å². The summed E-state index contributed by atoms with van der Waals surface area (Å²) in [6.45, 7) is 2.51. The van der Waals surface area contributed by atoms with Crippen LogP contribution in [0.5, 0.6) is 0 Å². The molecule has 2 atom stereocenters. The van der Waals surface area contributed by atoms with Gasteiger partial charge < -0.3 is 15.4 Å². The number of carbonyl (C=O) groups excluding carboxylic acids is 1. The van der Waals surface area contributed by atoms with E-state index in [4.69, 9.17) is 10.5 Å². The lowest BCUT2D eigenvalue weighted by molar-refractivity contribution is 0.0999. The Morgan fingerprint density at radius 2 is 2.19 bits per heavy atom. The number of allylic oxidation sites excluding steroid dienone is 2. The molecule has 0 saturated carbocycles. The molecule has 1 aliphatic heterocycles. The van der Waals surface area contributed by atoms with Crippen LogP contribution in [0.3, 0.4) is 0 Å². The van der Waals surface area contributed by atoms with E-state index in [1.54, 1.807) is 13.0 Å². The number of amides is 1. The molecule has 2 N–H and O–H groups in total. The van der Waals surface area contributed by atoms with Crippen LogP contribution >= 0.6 is 11.3 Å². The fourth-order valence-electron chi connectivity index (χ4n) is 3.87. The number of thiophene rings is 1. The zero-order valence-electron chi connectivity index (χ0n) is 14.7. The number of rotatable bonds is 2. The van der Waals surface area contributed by atoms with Crippen molar-refractivity contribution in [3.05, 3.63) is 45.3 Å². The third kappa shape index (κ3) is 2.73. The molecule has 0 fully saturated rings. The Hall–Kier alpha value is -3.28.